The van der Waals surface area contributed by atoms with Gasteiger partial charge >= 0.3 is 5.97 Å². The lowest BCUT2D eigenvalue weighted by Gasteiger charge is -2.16. The number of ether oxygens (including phenoxy) is 4. The number of hydrogen-bond acceptors (Lipinski definition) is 5. The van der Waals surface area contributed by atoms with Gasteiger partial charge in [-0.15, -0.1) is 0 Å². The lowest BCUT2D eigenvalue weighted by molar-refractivity contribution is -0.137. The quantitative estimate of drug-likeness (QED) is 0.419. The Morgan fingerprint density at radius 2 is 2.05 bits per heavy atom. The predicted octanol–water partition coefficient (Wildman–Crippen LogP) is 2.69. The largest absolute Gasteiger partial charge is 0.493 e. The summed E-state index contributed by atoms with van der Waals surface area (Å²) in [6.07, 6.45) is 2.97. The molecule has 0 N–H and O–H groups in total. The van der Waals surface area contributed by atoms with Gasteiger partial charge in [0.1, 0.15) is 6.10 Å². The molecule has 0 amide bonds. The number of hydrogen-bond donors (Lipinski definition) is 0. The number of methoxy groups -OCH3 is 2. The van der Waals surface area contributed by atoms with Crippen LogP contribution in [-0.2, 0) is 14.3 Å². The van der Waals surface area contributed by atoms with Crippen molar-refractivity contribution in [3.05, 3.63) is 29.8 Å². The maximum absolute atomic E-state index is 11.3. The van der Waals surface area contributed by atoms with E-state index >= 15 is 0 Å². The van der Waals surface area contributed by atoms with Crippen molar-refractivity contribution in [3.63, 3.8) is 0 Å². The van der Waals surface area contributed by atoms with Crippen molar-refractivity contribution >= 4 is 12.0 Å². The third-order valence-electron chi connectivity index (χ3n) is 2.62. The van der Waals surface area contributed by atoms with Gasteiger partial charge in [0.2, 0.25) is 0 Å². The molecule has 5 heteroatoms. The fourth-order valence-electron chi connectivity index (χ4n) is 1.73. The minimum absolute atomic E-state index is 0.0789. The summed E-state index contributed by atoms with van der Waals surface area (Å²) >= 11 is 0. The van der Waals surface area contributed by atoms with Gasteiger partial charge in [-0.1, -0.05) is 6.07 Å². The van der Waals surface area contributed by atoms with Gasteiger partial charge in [0.15, 0.2) is 11.5 Å². The van der Waals surface area contributed by atoms with Crippen molar-refractivity contribution in [2.45, 2.75) is 20.0 Å². The number of carbonyl (C=O) groups is 1. The Labute approximate surface area is 125 Å². The molecule has 1 unspecified atom stereocenters. The highest BCUT2D eigenvalue weighted by Gasteiger charge is 2.09. The summed E-state index contributed by atoms with van der Waals surface area (Å²) < 4.78 is 20.9. The zero-order valence-corrected chi connectivity index (χ0v) is 12.9. The van der Waals surface area contributed by atoms with Gasteiger partial charge in [-0.3, -0.25) is 0 Å². The lowest BCUT2D eigenvalue weighted by atomic mass is 10.2. The summed E-state index contributed by atoms with van der Waals surface area (Å²) in [5, 5.41) is 0. The van der Waals surface area contributed by atoms with E-state index in [-0.39, 0.29) is 12.1 Å². The van der Waals surface area contributed by atoms with Crippen LogP contribution in [0.3, 0.4) is 0 Å². The molecule has 0 spiro atoms. The van der Waals surface area contributed by atoms with Crippen molar-refractivity contribution in [2.75, 3.05) is 27.4 Å². The molecule has 0 heterocycles. The fourth-order valence-corrected chi connectivity index (χ4v) is 1.73. The van der Waals surface area contributed by atoms with E-state index in [4.69, 9.17) is 18.9 Å². The molecule has 0 aliphatic carbocycles. The molecule has 0 aromatic heterocycles. The first kappa shape index (κ1) is 17.0. The Morgan fingerprint density at radius 3 is 2.67 bits per heavy atom. The molecule has 0 radical (unpaired) electrons. The summed E-state index contributed by atoms with van der Waals surface area (Å²) in [5.74, 6) is 0.866. The van der Waals surface area contributed by atoms with Gasteiger partial charge in [0.05, 0.1) is 20.3 Å². The van der Waals surface area contributed by atoms with Crippen molar-refractivity contribution in [1.29, 1.82) is 0 Å². The number of benzene rings is 1. The van der Waals surface area contributed by atoms with Gasteiger partial charge in [-0.25, -0.2) is 4.79 Å². The Kier molecular flexibility index (Phi) is 7.32. The normalized spacial score (nSPS) is 12.2. The zero-order valence-electron chi connectivity index (χ0n) is 12.9. The van der Waals surface area contributed by atoms with Crippen LogP contribution < -0.4 is 9.47 Å². The summed E-state index contributed by atoms with van der Waals surface area (Å²) in [4.78, 5) is 11.3. The summed E-state index contributed by atoms with van der Waals surface area (Å²) in [6, 6.07) is 5.44. The molecular weight excluding hydrogens is 273 g/mol. The maximum Gasteiger partial charge on any atom is 0.330 e. The van der Waals surface area contributed by atoms with E-state index in [1.165, 1.54) is 6.08 Å². The highest BCUT2D eigenvalue weighted by molar-refractivity contribution is 5.87. The Balaban J connectivity index is 2.80. The number of esters is 1. The first-order chi connectivity index (χ1) is 10.1. The van der Waals surface area contributed by atoms with E-state index < -0.39 is 0 Å². The van der Waals surface area contributed by atoms with E-state index in [0.717, 1.165) is 5.56 Å². The molecule has 0 saturated heterocycles. The zero-order chi connectivity index (χ0) is 15.7. The summed E-state index contributed by atoms with van der Waals surface area (Å²) in [5.41, 5.74) is 0.826. The third-order valence-corrected chi connectivity index (χ3v) is 2.62. The molecule has 1 rings (SSSR count). The average molecular weight is 295 g/mol. The van der Waals surface area contributed by atoms with Gasteiger partial charge in [0.25, 0.3) is 0 Å². The predicted molar refractivity (Wildman–Crippen MR) is 80.6 cm³/mol. The minimum Gasteiger partial charge on any atom is -0.493 e. The van der Waals surface area contributed by atoms with Gasteiger partial charge in [0, 0.05) is 13.2 Å². The van der Waals surface area contributed by atoms with Crippen LogP contribution in [0.15, 0.2) is 24.3 Å². The summed E-state index contributed by atoms with van der Waals surface area (Å²) in [6.45, 7) is 4.53. The highest BCUT2D eigenvalue weighted by Crippen LogP contribution is 2.29. The van der Waals surface area contributed by atoms with Gasteiger partial charge < -0.3 is 18.9 Å². The molecule has 1 aromatic carbocycles. The fraction of sp³-hybridized carbons (Fsp3) is 0.438. The van der Waals surface area contributed by atoms with E-state index in [1.807, 2.05) is 13.0 Å². The molecule has 116 valence electrons. The second-order valence-electron chi connectivity index (χ2n) is 4.38. The van der Waals surface area contributed by atoms with Crippen LogP contribution in [0.1, 0.15) is 19.4 Å². The van der Waals surface area contributed by atoms with Crippen LogP contribution in [0.4, 0.5) is 0 Å². The van der Waals surface area contributed by atoms with Crippen LogP contribution in [0.2, 0.25) is 0 Å². The molecular formula is C16H22O5. The van der Waals surface area contributed by atoms with E-state index in [9.17, 15) is 4.79 Å². The Morgan fingerprint density at radius 1 is 1.29 bits per heavy atom. The molecule has 0 saturated carbocycles. The van der Waals surface area contributed by atoms with Crippen molar-refractivity contribution < 1.29 is 23.7 Å². The third kappa shape index (κ3) is 5.87. The van der Waals surface area contributed by atoms with Crippen LogP contribution >= 0.6 is 0 Å². The van der Waals surface area contributed by atoms with Crippen LogP contribution in [0.5, 0.6) is 11.5 Å². The smallest absolute Gasteiger partial charge is 0.330 e. The van der Waals surface area contributed by atoms with Crippen molar-refractivity contribution in [1.82, 2.24) is 0 Å². The van der Waals surface area contributed by atoms with Crippen molar-refractivity contribution in [2.24, 2.45) is 0 Å². The molecule has 1 atom stereocenters. The van der Waals surface area contributed by atoms with Crippen LogP contribution in [0, 0.1) is 0 Å². The topological polar surface area (TPSA) is 54.0 Å². The molecule has 0 aliphatic heterocycles. The summed E-state index contributed by atoms with van der Waals surface area (Å²) in [7, 11) is 3.20. The van der Waals surface area contributed by atoms with Gasteiger partial charge in [-0.05, 0) is 37.6 Å². The SMILES string of the molecule is CCO[13C](=O)/C=C/c1ccc(OC(C)COC)c(OC)c1. The Hall–Kier alpha value is -2.01. The molecule has 0 aliphatic rings. The van der Waals surface area contributed by atoms with E-state index in [2.05, 4.69) is 0 Å². The maximum atomic E-state index is 11.3. The second kappa shape index (κ2) is 9.02. The molecule has 0 bridgehead atoms. The Bertz CT molecular complexity index is 482. The molecule has 5 nitrogen and oxygen atoms in total. The standard InChI is InChI=1S/C16H22O5/c1-5-20-16(17)9-7-13-6-8-14(15(10-13)19-4)21-12(2)11-18-3/h6-10,12H,5,11H2,1-4H3/b9-7+/i16+1. The molecule has 21 heavy (non-hydrogen) atoms. The lowest BCUT2D eigenvalue weighted by Crippen LogP contribution is -2.18. The first-order valence-corrected chi connectivity index (χ1v) is 6.79. The highest BCUT2D eigenvalue weighted by atomic mass is 16.6. The number of rotatable bonds is 8. The number of carbonyl (C=O) groups excluding carboxylic acids is 1. The van der Waals surface area contributed by atoms with Crippen LogP contribution in [-0.4, -0.2) is 39.5 Å². The minimum atomic E-state index is -0.370. The first-order valence-electron chi connectivity index (χ1n) is 6.79. The monoisotopic (exact) mass is 295 g/mol. The second-order valence-corrected chi connectivity index (χ2v) is 4.38. The molecule has 1 aromatic rings. The van der Waals surface area contributed by atoms with Crippen LogP contribution in [0.25, 0.3) is 6.08 Å². The van der Waals surface area contributed by atoms with Crippen molar-refractivity contribution in [3.8, 4) is 11.5 Å². The molecule has 0 fully saturated rings. The van der Waals surface area contributed by atoms with Gasteiger partial charge in [-0.2, -0.15) is 0 Å². The average Bonchev–Trinajstić information content (AvgIpc) is 2.46. The van der Waals surface area contributed by atoms with E-state index in [0.29, 0.717) is 24.7 Å². The van der Waals surface area contributed by atoms with E-state index in [1.54, 1.807) is 39.4 Å².